The number of allylic oxidation sites excluding steroid dienone is 2. The molecule has 1 aliphatic heterocycles. The summed E-state index contributed by atoms with van der Waals surface area (Å²) in [5.41, 5.74) is 5.35. The molecule has 0 aromatic rings. The van der Waals surface area contributed by atoms with Gasteiger partial charge >= 0.3 is 0 Å². The monoisotopic (exact) mass is 203 g/mol. The zero-order valence-corrected chi connectivity index (χ0v) is 9.31. The van der Waals surface area contributed by atoms with Crippen LogP contribution in [-0.4, -0.2) is 17.9 Å². The van der Waals surface area contributed by atoms with Gasteiger partial charge in [0.05, 0.1) is 0 Å². The minimum absolute atomic E-state index is 0.277. The van der Waals surface area contributed by atoms with E-state index in [1.165, 1.54) is 48.9 Å². The van der Waals surface area contributed by atoms with Gasteiger partial charge in [-0.3, -0.25) is 4.79 Å². The highest BCUT2D eigenvalue weighted by Gasteiger charge is 2.35. The topological polar surface area (TPSA) is 20.3 Å². The minimum Gasteiger partial charge on any atom is -0.311 e. The highest BCUT2D eigenvalue weighted by molar-refractivity contribution is 6.00. The first-order valence-electron chi connectivity index (χ1n) is 6.01. The van der Waals surface area contributed by atoms with E-state index in [2.05, 4.69) is 0 Å². The van der Waals surface area contributed by atoms with Crippen LogP contribution in [0.3, 0.4) is 0 Å². The lowest BCUT2D eigenvalue weighted by Crippen LogP contribution is -2.23. The van der Waals surface area contributed by atoms with Crippen LogP contribution in [0, 0.1) is 0 Å². The van der Waals surface area contributed by atoms with Crippen molar-refractivity contribution in [3.63, 3.8) is 0 Å². The van der Waals surface area contributed by atoms with E-state index >= 15 is 0 Å². The maximum Gasteiger partial charge on any atom is 0.254 e. The van der Waals surface area contributed by atoms with Crippen LogP contribution in [0.4, 0.5) is 0 Å². The first-order chi connectivity index (χ1) is 7.29. The predicted molar refractivity (Wildman–Crippen MR) is 59.1 cm³/mol. The minimum atomic E-state index is 0.277. The molecule has 1 heterocycles. The summed E-state index contributed by atoms with van der Waals surface area (Å²) in [6.07, 6.45) is 8.33. The molecule has 2 nitrogen and oxygen atoms in total. The van der Waals surface area contributed by atoms with E-state index in [1.807, 2.05) is 11.9 Å². The average molecular weight is 203 g/mol. The fraction of sp³-hybridized carbons (Fsp3) is 0.615. The maximum atomic E-state index is 12.0. The molecule has 2 aliphatic carbocycles. The van der Waals surface area contributed by atoms with Crippen LogP contribution >= 0.6 is 0 Å². The largest absolute Gasteiger partial charge is 0.311 e. The van der Waals surface area contributed by atoms with Gasteiger partial charge in [-0.15, -0.1) is 0 Å². The Morgan fingerprint density at radius 1 is 0.933 bits per heavy atom. The summed E-state index contributed by atoms with van der Waals surface area (Å²) in [5.74, 6) is 0.277. The van der Waals surface area contributed by atoms with Crippen molar-refractivity contribution in [2.45, 2.75) is 44.9 Å². The van der Waals surface area contributed by atoms with Gasteiger partial charge in [-0.1, -0.05) is 0 Å². The Hall–Kier alpha value is -1.05. The third-order valence-corrected chi connectivity index (χ3v) is 3.94. The van der Waals surface area contributed by atoms with E-state index in [0.717, 1.165) is 18.4 Å². The van der Waals surface area contributed by atoms with Crippen molar-refractivity contribution >= 4 is 5.91 Å². The third-order valence-electron chi connectivity index (χ3n) is 3.94. The fourth-order valence-corrected chi connectivity index (χ4v) is 2.95. The zero-order chi connectivity index (χ0) is 10.4. The van der Waals surface area contributed by atoms with E-state index in [9.17, 15) is 4.79 Å². The zero-order valence-electron chi connectivity index (χ0n) is 9.31. The van der Waals surface area contributed by atoms with Crippen molar-refractivity contribution in [3.05, 3.63) is 22.4 Å². The molecule has 3 rings (SSSR count). The van der Waals surface area contributed by atoms with Gasteiger partial charge in [0.2, 0.25) is 0 Å². The van der Waals surface area contributed by atoms with Gasteiger partial charge in [0.25, 0.3) is 5.91 Å². The van der Waals surface area contributed by atoms with E-state index in [1.54, 1.807) is 0 Å². The van der Waals surface area contributed by atoms with Crippen LogP contribution in [0.15, 0.2) is 22.4 Å². The van der Waals surface area contributed by atoms with Gasteiger partial charge in [-0.2, -0.15) is 0 Å². The van der Waals surface area contributed by atoms with Gasteiger partial charge in [0.15, 0.2) is 0 Å². The highest BCUT2D eigenvalue weighted by atomic mass is 16.2. The third kappa shape index (κ3) is 1.20. The SMILES string of the molecule is CN1C(=O)C2=C(CCCC2)C1=C1CCC1. The molecule has 1 amide bonds. The summed E-state index contributed by atoms with van der Waals surface area (Å²) in [6, 6.07) is 0. The van der Waals surface area contributed by atoms with E-state index < -0.39 is 0 Å². The first kappa shape index (κ1) is 9.20. The van der Waals surface area contributed by atoms with Gasteiger partial charge in [-0.25, -0.2) is 0 Å². The van der Waals surface area contributed by atoms with Crippen LogP contribution in [0.5, 0.6) is 0 Å². The van der Waals surface area contributed by atoms with Gasteiger partial charge < -0.3 is 4.90 Å². The summed E-state index contributed by atoms with van der Waals surface area (Å²) in [7, 11) is 1.95. The van der Waals surface area contributed by atoms with Crippen LogP contribution in [0.25, 0.3) is 0 Å². The van der Waals surface area contributed by atoms with Crippen LogP contribution in [0.2, 0.25) is 0 Å². The fourth-order valence-electron chi connectivity index (χ4n) is 2.95. The van der Waals surface area contributed by atoms with Crippen molar-refractivity contribution in [3.8, 4) is 0 Å². The Bertz CT molecular complexity index is 383. The van der Waals surface area contributed by atoms with Crippen molar-refractivity contribution in [1.82, 2.24) is 4.90 Å². The number of rotatable bonds is 0. The average Bonchev–Trinajstić information content (AvgIpc) is 2.42. The molecule has 80 valence electrons. The lowest BCUT2D eigenvalue weighted by Gasteiger charge is -2.25. The number of carbonyl (C=O) groups excluding carboxylic acids is 1. The van der Waals surface area contributed by atoms with Crippen LogP contribution in [0.1, 0.15) is 44.9 Å². The molecule has 0 aromatic carbocycles. The van der Waals surface area contributed by atoms with Crippen molar-refractivity contribution in [2.75, 3.05) is 7.05 Å². The molecule has 2 heteroatoms. The summed E-state index contributed by atoms with van der Waals surface area (Å²) >= 11 is 0. The normalized spacial score (nSPS) is 25.9. The molecule has 15 heavy (non-hydrogen) atoms. The second kappa shape index (κ2) is 3.22. The molecular weight excluding hydrogens is 186 g/mol. The summed E-state index contributed by atoms with van der Waals surface area (Å²) in [6.45, 7) is 0. The number of hydrogen-bond donors (Lipinski definition) is 0. The molecular formula is C13H17NO. The Labute approximate surface area is 90.6 Å². The number of amides is 1. The molecule has 3 aliphatic rings. The summed E-state index contributed by atoms with van der Waals surface area (Å²) in [4.78, 5) is 13.9. The Morgan fingerprint density at radius 3 is 2.20 bits per heavy atom. The number of likely N-dealkylation sites (N-methyl/N-ethyl adjacent to an activating group) is 1. The molecule has 0 unspecified atom stereocenters. The smallest absolute Gasteiger partial charge is 0.254 e. The van der Waals surface area contributed by atoms with Gasteiger partial charge in [0, 0.05) is 18.3 Å². The second-order valence-electron chi connectivity index (χ2n) is 4.83. The molecule has 0 N–H and O–H groups in total. The standard InChI is InChI=1S/C13H17NO/c1-14-12(9-5-4-6-9)10-7-2-3-8-11(10)13(14)15/h2-8H2,1H3. The summed E-state index contributed by atoms with van der Waals surface area (Å²) in [5, 5.41) is 0. The lowest BCUT2D eigenvalue weighted by molar-refractivity contribution is -0.123. The predicted octanol–water partition coefficient (Wildman–Crippen LogP) is 2.77. The Kier molecular flexibility index (Phi) is 1.98. The van der Waals surface area contributed by atoms with Crippen LogP contribution in [-0.2, 0) is 4.79 Å². The van der Waals surface area contributed by atoms with Crippen molar-refractivity contribution in [2.24, 2.45) is 0 Å². The lowest BCUT2D eigenvalue weighted by atomic mass is 9.85. The van der Waals surface area contributed by atoms with E-state index in [4.69, 9.17) is 0 Å². The van der Waals surface area contributed by atoms with Gasteiger partial charge in [0.1, 0.15) is 0 Å². The van der Waals surface area contributed by atoms with E-state index in [0.29, 0.717) is 0 Å². The first-order valence-corrected chi connectivity index (χ1v) is 6.01. The Morgan fingerprint density at radius 2 is 1.60 bits per heavy atom. The molecule has 1 saturated carbocycles. The van der Waals surface area contributed by atoms with Gasteiger partial charge in [-0.05, 0) is 56.1 Å². The molecule has 0 aromatic heterocycles. The molecule has 0 radical (unpaired) electrons. The number of nitrogens with zero attached hydrogens (tertiary/aromatic N) is 1. The van der Waals surface area contributed by atoms with E-state index in [-0.39, 0.29) is 5.91 Å². The van der Waals surface area contributed by atoms with Crippen LogP contribution < -0.4 is 0 Å². The molecule has 0 bridgehead atoms. The second-order valence-corrected chi connectivity index (χ2v) is 4.83. The highest BCUT2D eigenvalue weighted by Crippen LogP contribution is 2.43. The quantitative estimate of drug-likeness (QED) is 0.593. The number of carbonyl (C=O) groups is 1. The van der Waals surface area contributed by atoms with Crippen molar-refractivity contribution in [1.29, 1.82) is 0 Å². The maximum absolute atomic E-state index is 12.0. The molecule has 0 saturated heterocycles. The molecule has 0 spiro atoms. The summed E-state index contributed by atoms with van der Waals surface area (Å²) < 4.78 is 0. The Balaban J connectivity index is 2.08. The van der Waals surface area contributed by atoms with Crippen molar-refractivity contribution < 1.29 is 4.79 Å². The molecule has 1 fully saturated rings. The molecule has 0 atom stereocenters. The number of hydrogen-bond acceptors (Lipinski definition) is 1.